The van der Waals surface area contributed by atoms with Gasteiger partial charge in [0.25, 0.3) is 0 Å². The lowest BCUT2D eigenvalue weighted by Crippen LogP contribution is -2.40. The normalized spacial score (nSPS) is 9.39. The molecule has 0 saturated carbocycles. The van der Waals surface area contributed by atoms with Gasteiger partial charge in [0.05, 0.1) is 6.07 Å². The number of benzene rings is 1. The molecule has 0 atom stereocenters. The van der Waals surface area contributed by atoms with Gasteiger partial charge in [0.1, 0.15) is 6.54 Å². The number of aryl methyl sites for hydroxylation is 1. The quantitative estimate of drug-likeness (QED) is 0.625. The maximum absolute atomic E-state index is 11.6. The molecule has 0 aliphatic heterocycles. The van der Waals surface area contributed by atoms with Crippen LogP contribution in [0.3, 0.4) is 0 Å². The number of hydrogen-bond donors (Lipinski definition) is 1. The highest BCUT2D eigenvalue weighted by Crippen LogP contribution is 2.06. The van der Waals surface area contributed by atoms with Crippen molar-refractivity contribution in [2.24, 2.45) is 0 Å². The van der Waals surface area contributed by atoms with E-state index in [9.17, 15) is 9.59 Å². The van der Waals surface area contributed by atoms with Gasteiger partial charge in [-0.25, -0.2) is 0 Å². The largest absolute Gasteiger partial charge is 0.335 e. The Kier molecular flexibility index (Phi) is 4.88. The molecule has 0 aliphatic carbocycles. The Labute approximate surface area is 106 Å². The van der Waals surface area contributed by atoms with Crippen molar-refractivity contribution < 1.29 is 9.59 Å². The Morgan fingerprint density at radius 1 is 1.44 bits per heavy atom. The molecule has 0 radical (unpaired) electrons. The van der Waals surface area contributed by atoms with Crippen molar-refractivity contribution in [1.29, 1.82) is 5.26 Å². The van der Waals surface area contributed by atoms with Crippen molar-refractivity contribution in [2.45, 2.75) is 13.5 Å². The highest BCUT2D eigenvalue weighted by atomic mass is 16.2. The van der Waals surface area contributed by atoms with Crippen LogP contribution in [-0.4, -0.2) is 30.3 Å². The Balaban J connectivity index is 2.60. The van der Waals surface area contributed by atoms with E-state index in [1.165, 1.54) is 4.90 Å². The van der Waals surface area contributed by atoms with Crippen molar-refractivity contribution in [3.63, 3.8) is 0 Å². The summed E-state index contributed by atoms with van der Waals surface area (Å²) in [5.41, 5.74) is 2.06. The molecule has 0 aliphatic rings. The van der Waals surface area contributed by atoms with Crippen LogP contribution < -0.4 is 5.32 Å². The van der Waals surface area contributed by atoms with E-state index in [1.807, 2.05) is 31.2 Å². The molecule has 18 heavy (non-hydrogen) atoms. The summed E-state index contributed by atoms with van der Waals surface area (Å²) in [5, 5.41) is 10.5. The molecule has 2 amide bonds. The van der Waals surface area contributed by atoms with Gasteiger partial charge in [-0.3, -0.25) is 9.59 Å². The van der Waals surface area contributed by atoms with Crippen LogP contribution in [0.2, 0.25) is 0 Å². The van der Waals surface area contributed by atoms with Crippen LogP contribution in [-0.2, 0) is 16.1 Å². The zero-order chi connectivity index (χ0) is 13.5. The molecule has 0 spiro atoms. The lowest BCUT2D eigenvalue weighted by molar-refractivity contribution is -0.145. The number of amides is 2. The summed E-state index contributed by atoms with van der Waals surface area (Å²) in [6.07, 6.45) is 0. The van der Waals surface area contributed by atoms with Crippen LogP contribution in [0.4, 0.5) is 0 Å². The topological polar surface area (TPSA) is 73.2 Å². The van der Waals surface area contributed by atoms with Crippen molar-refractivity contribution in [3.05, 3.63) is 35.4 Å². The molecule has 0 aromatic heterocycles. The van der Waals surface area contributed by atoms with E-state index in [2.05, 4.69) is 5.32 Å². The number of carbonyl (C=O) groups is 2. The fourth-order valence-electron chi connectivity index (χ4n) is 1.52. The fourth-order valence-corrected chi connectivity index (χ4v) is 1.52. The second kappa shape index (κ2) is 6.40. The summed E-state index contributed by atoms with van der Waals surface area (Å²) in [6, 6.07) is 9.46. The Bertz CT molecular complexity index is 491. The summed E-state index contributed by atoms with van der Waals surface area (Å²) in [6.45, 7) is 2.16. The van der Waals surface area contributed by atoms with Crippen molar-refractivity contribution in [2.75, 3.05) is 13.6 Å². The maximum atomic E-state index is 11.6. The molecule has 0 fully saturated rings. The molecule has 94 valence electrons. The minimum absolute atomic E-state index is 0.164. The number of nitrogens with zero attached hydrogens (tertiary/aromatic N) is 2. The van der Waals surface area contributed by atoms with Gasteiger partial charge in [-0.2, -0.15) is 5.26 Å². The molecular weight excluding hydrogens is 230 g/mol. The van der Waals surface area contributed by atoms with Gasteiger partial charge in [0.15, 0.2) is 0 Å². The highest BCUT2D eigenvalue weighted by Gasteiger charge is 2.17. The Hall–Kier alpha value is -2.35. The molecule has 1 rings (SSSR count). The third-order valence-corrected chi connectivity index (χ3v) is 2.37. The predicted octanol–water partition coefficient (Wildman–Crippen LogP) is 0.593. The number of nitriles is 1. The third kappa shape index (κ3) is 3.91. The van der Waals surface area contributed by atoms with Crippen LogP contribution in [0.1, 0.15) is 11.1 Å². The second-order valence-electron chi connectivity index (χ2n) is 3.99. The molecule has 0 unspecified atom stereocenters. The Morgan fingerprint density at radius 3 is 2.78 bits per heavy atom. The number of likely N-dealkylation sites (N-methyl/N-ethyl adjacent to an activating group) is 1. The van der Waals surface area contributed by atoms with Crippen molar-refractivity contribution in [1.82, 2.24) is 10.2 Å². The molecule has 1 aromatic rings. The van der Waals surface area contributed by atoms with E-state index in [-0.39, 0.29) is 6.54 Å². The highest BCUT2D eigenvalue weighted by molar-refractivity contribution is 6.34. The minimum atomic E-state index is -0.758. The predicted molar refractivity (Wildman–Crippen MR) is 66.3 cm³/mol. The van der Waals surface area contributed by atoms with Crippen LogP contribution in [0.15, 0.2) is 24.3 Å². The smallest absolute Gasteiger partial charge is 0.311 e. The summed E-state index contributed by atoms with van der Waals surface area (Å²) < 4.78 is 0. The van der Waals surface area contributed by atoms with E-state index < -0.39 is 11.8 Å². The van der Waals surface area contributed by atoms with E-state index in [1.54, 1.807) is 13.1 Å². The van der Waals surface area contributed by atoms with Crippen molar-refractivity contribution >= 4 is 11.8 Å². The zero-order valence-electron chi connectivity index (χ0n) is 10.4. The standard InChI is InChI=1S/C13H15N3O2/c1-10-4-3-5-11(8-10)9-16(2)13(18)12(17)15-7-6-14/h3-5,8H,7,9H2,1-2H3,(H,15,17). The molecule has 5 heteroatoms. The second-order valence-corrected chi connectivity index (χ2v) is 3.99. The zero-order valence-corrected chi connectivity index (χ0v) is 10.4. The van der Waals surface area contributed by atoms with Gasteiger partial charge in [-0.15, -0.1) is 0 Å². The number of hydrogen-bond acceptors (Lipinski definition) is 3. The summed E-state index contributed by atoms with van der Waals surface area (Å²) in [7, 11) is 1.55. The number of carbonyl (C=O) groups excluding carboxylic acids is 2. The van der Waals surface area contributed by atoms with Crippen LogP contribution in [0, 0.1) is 18.3 Å². The van der Waals surface area contributed by atoms with Crippen molar-refractivity contribution in [3.8, 4) is 6.07 Å². The van der Waals surface area contributed by atoms with Gasteiger partial charge in [-0.05, 0) is 12.5 Å². The number of rotatable bonds is 3. The van der Waals surface area contributed by atoms with Gasteiger partial charge in [-0.1, -0.05) is 29.8 Å². The first-order chi connectivity index (χ1) is 8.54. The average Bonchev–Trinajstić information content (AvgIpc) is 2.35. The van der Waals surface area contributed by atoms with Crippen LogP contribution in [0.5, 0.6) is 0 Å². The minimum Gasteiger partial charge on any atom is -0.335 e. The first-order valence-electron chi connectivity index (χ1n) is 5.50. The SMILES string of the molecule is Cc1cccc(CN(C)C(=O)C(=O)NCC#N)c1. The van der Waals surface area contributed by atoms with E-state index in [0.29, 0.717) is 6.54 Å². The van der Waals surface area contributed by atoms with Gasteiger partial charge >= 0.3 is 11.8 Å². The van der Waals surface area contributed by atoms with E-state index in [0.717, 1.165) is 11.1 Å². The first-order valence-corrected chi connectivity index (χ1v) is 5.50. The molecule has 1 aromatic carbocycles. The summed E-state index contributed by atoms with van der Waals surface area (Å²) in [4.78, 5) is 24.3. The van der Waals surface area contributed by atoms with Gasteiger partial charge in [0.2, 0.25) is 0 Å². The molecule has 1 N–H and O–H groups in total. The van der Waals surface area contributed by atoms with Crippen LogP contribution >= 0.6 is 0 Å². The molecule has 0 saturated heterocycles. The fraction of sp³-hybridized carbons (Fsp3) is 0.308. The first kappa shape index (κ1) is 13.7. The Morgan fingerprint density at radius 2 is 2.17 bits per heavy atom. The summed E-state index contributed by atoms with van der Waals surface area (Å²) >= 11 is 0. The molecule has 0 bridgehead atoms. The monoisotopic (exact) mass is 245 g/mol. The van der Waals surface area contributed by atoms with E-state index >= 15 is 0 Å². The molecular formula is C13H15N3O2. The number of nitrogens with one attached hydrogen (secondary N) is 1. The summed E-state index contributed by atoms with van der Waals surface area (Å²) in [5.74, 6) is -1.40. The van der Waals surface area contributed by atoms with Gasteiger partial charge < -0.3 is 10.2 Å². The lowest BCUT2D eigenvalue weighted by atomic mass is 10.1. The lowest BCUT2D eigenvalue weighted by Gasteiger charge is -2.16. The maximum Gasteiger partial charge on any atom is 0.311 e. The molecule has 5 nitrogen and oxygen atoms in total. The van der Waals surface area contributed by atoms with Gasteiger partial charge in [0, 0.05) is 13.6 Å². The third-order valence-electron chi connectivity index (χ3n) is 2.37. The average molecular weight is 245 g/mol. The van der Waals surface area contributed by atoms with E-state index in [4.69, 9.17) is 5.26 Å². The molecule has 0 heterocycles. The van der Waals surface area contributed by atoms with Crippen LogP contribution in [0.25, 0.3) is 0 Å².